The molecule has 0 aliphatic carbocycles. The van der Waals surface area contributed by atoms with E-state index in [1.807, 2.05) is 47.4 Å². The third-order valence-electron chi connectivity index (χ3n) is 6.91. The van der Waals surface area contributed by atoms with Crippen LogP contribution in [0.1, 0.15) is 34.3 Å². The molecule has 2 aliphatic heterocycles. The van der Waals surface area contributed by atoms with Crippen LogP contribution in [0.2, 0.25) is 5.02 Å². The standard InChI is InChI=1S/C29H26ClN6O2/c30-26-16-33-29(34-24-8-11-38-12-9-24)35-27(26)21-5-6-22-17-36(28(37)25(22)13-21)10-7-19-1-3-20(4-2-19)23-14-31-18-32-15-23/h1-7,13-16,18,24H,8-12,17H2,(H,33,34,35). The number of nitrogens with zero attached hydrogens (tertiary/aromatic N) is 5. The normalized spacial score (nSPS) is 15.5. The fourth-order valence-electron chi connectivity index (χ4n) is 4.79. The molecule has 2 aliphatic rings. The second-order valence-corrected chi connectivity index (χ2v) is 9.84. The largest absolute Gasteiger partial charge is 0.381 e. The number of hydrogen-bond acceptors (Lipinski definition) is 7. The molecule has 1 N–H and O–H groups in total. The van der Waals surface area contributed by atoms with Crippen LogP contribution in [0.15, 0.2) is 67.4 Å². The zero-order chi connectivity index (χ0) is 25.9. The lowest BCUT2D eigenvalue weighted by Crippen LogP contribution is -2.28. The van der Waals surface area contributed by atoms with Crippen molar-refractivity contribution >= 4 is 23.5 Å². The molecular formula is C29H26ClN6O2. The van der Waals surface area contributed by atoms with E-state index < -0.39 is 0 Å². The van der Waals surface area contributed by atoms with E-state index in [1.54, 1.807) is 18.6 Å². The van der Waals surface area contributed by atoms with Gasteiger partial charge in [-0.15, -0.1) is 0 Å². The number of halogens is 1. The van der Waals surface area contributed by atoms with Crippen LogP contribution in [0.5, 0.6) is 0 Å². The van der Waals surface area contributed by atoms with E-state index in [-0.39, 0.29) is 11.9 Å². The third-order valence-corrected chi connectivity index (χ3v) is 7.19. The van der Waals surface area contributed by atoms with Gasteiger partial charge in [0, 0.05) is 67.8 Å². The summed E-state index contributed by atoms with van der Waals surface area (Å²) in [4.78, 5) is 32.3. The third kappa shape index (κ3) is 5.23. The highest BCUT2D eigenvalue weighted by molar-refractivity contribution is 6.33. The van der Waals surface area contributed by atoms with Crippen LogP contribution in [0.4, 0.5) is 5.95 Å². The summed E-state index contributed by atoms with van der Waals surface area (Å²) < 4.78 is 5.43. The summed E-state index contributed by atoms with van der Waals surface area (Å²) in [5, 5.41) is 3.83. The van der Waals surface area contributed by atoms with Crippen LogP contribution in [0, 0.1) is 6.42 Å². The first-order valence-corrected chi connectivity index (χ1v) is 13.0. The van der Waals surface area contributed by atoms with Crippen LogP contribution in [0.3, 0.4) is 0 Å². The molecule has 6 rings (SSSR count). The maximum absolute atomic E-state index is 13.3. The Morgan fingerprint density at radius 2 is 1.76 bits per heavy atom. The van der Waals surface area contributed by atoms with Gasteiger partial charge < -0.3 is 15.0 Å². The van der Waals surface area contributed by atoms with E-state index in [2.05, 4.69) is 31.7 Å². The van der Waals surface area contributed by atoms with Gasteiger partial charge in [0.15, 0.2) is 0 Å². The number of amides is 1. The molecule has 1 radical (unpaired) electrons. The highest BCUT2D eigenvalue weighted by Gasteiger charge is 2.28. The van der Waals surface area contributed by atoms with Crippen molar-refractivity contribution in [2.75, 3.05) is 25.1 Å². The molecule has 1 saturated heterocycles. The number of benzene rings is 2. The Kier molecular flexibility index (Phi) is 6.98. The lowest BCUT2D eigenvalue weighted by molar-refractivity contribution is 0.0792. The maximum Gasteiger partial charge on any atom is 0.254 e. The minimum absolute atomic E-state index is 0.00175. The van der Waals surface area contributed by atoms with E-state index in [9.17, 15) is 4.79 Å². The minimum atomic E-state index is 0.00175. The van der Waals surface area contributed by atoms with Gasteiger partial charge in [-0.3, -0.25) is 4.79 Å². The molecule has 8 nitrogen and oxygen atoms in total. The van der Waals surface area contributed by atoms with Crippen molar-refractivity contribution in [2.24, 2.45) is 0 Å². The zero-order valence-electron chi connectivity index (χ0n) is 20.7. The van der Waals surface area contributed by atoms with Crippen molar-refractivity contribution in [3.8, 4) is 22.4 Å². The molecule has 9 heteroatoms. The van der Waals surface area contributed by atoms with E-state index in [4.69, 9.17) is 16.3 Å². The molecule has 2 aromatic heterocycles. The quantitative estimate of drug-likeness (QED) is 0.361. The number of hydrogen-bond donors (Lipinski definition) is 1. The molecular weight excluding hydrogens is 500 g/mol. The van der Waals surface area contributed by atoms with Crippen molar-refractivity contribution in [1.82, 2.24) is 24.8 Å². The SMILES string of the molecule is O=C1c2cc(-c3nc(NC4CCOCC4)ncc3Cl)ccc2CN1C[CH]c1ccc(-c2cncnc2)cc1. The predicted molar refractivity (Wildman–Crippen MR) is 146 cm³/mol. The monoisotopic (exact) mass is 525 g/mol. The van der Waals surface area contributed by atoms with Gasteiger partial charge in [0.05, 0.1) is 16.9 Å². The molecule has 4 aromatic rings. The molecule has 1 fully saturated rings. The number of rotatable bonds is 7. The molecule has 191 valence electrons. The van der Waals surface area contributed by atoms with Gasteiger partial charge in [-0.05, 0) is 35.6 Å². The first-order chi connectivity index (χ1) is 18.6. The molecule has 0 spiro atoms. The van der Waals surface area contributed by atoms with E-state index in [1.165, 1.54) is 6.33 Å². The number of anilines is 1. The zero-order valence-corrected chi connectivity index (χ0v) is 21.4. The lowest BCUT2D eigenvalue weighted by Gasteiger charge is -2.23. The lowest BCUT2D eigenvalue weighted by atomic mass is 10.0. The summed E-state index contributed by atoms with van der Waals surface area (Å²) in [6.45, 7) is 2.54. The average molecular weight is 526 g/mol. The molecule has 0 bridgehead atoms. The van der Waals surface area contributed by atoms with Crippen LogP contribution in [-0.2, 0) is 11.3 Å². The van der Waals surface area contributed by atoms with Gasteiger partial charge in [-0.25, -0.2) is 19.9 Å². The summed E-state index contributed by atoms with van der Waals surface area (Å²) in [6.07, 6.45) is 10.6. The van der Waals surface area contributed by atoms with Crippen molar-refractivity contribution in [3.05, 3.63) is 95.5 Å². The number of fused-ring (bicyclic) bond motifs is 1. The second-order valence-electron chi connectivity index (χ2n) is 9.43. The van der Waals surface area contributed by atoms with Crippen molar-refractivity contribution in [2.45, 2.75) is 25.4 Å². The minimum Gasteiger partial charge on any atom is -0.381 e. The summed E-state index contributed by atoms with van der Waals surface area (Å²) >= 11 is 6.48. The fourth-order valence-corrected chi connectivity index (χ4v) is 5.00. The van der Waals surface area contributed by atoms with E-state index in [0.717, 1.165) is 53.9 Å². The van der Waals surface area contributed by atoms with E-state index in [0.29, 0.717) is 35.3 Å². The van der Waals surface area contributed by atoms with Crippen molar-refractivity contribution in [1.29, 1.82) is 0 Å². The highest BCUT2D eigenvalue weighted by atomic mass is 35.5. The smallest absolute Gasteiger partial charge is 0.254 e. The Labute approximate surface area is 226 Å². The number of nitrogens with one attached hydrogen (secondary N) is 1. The number of carbonyl (C=O) groups excluding carboxylic acids is 1. The molecule has 1 amide bonds. The van der Waals surface area contributed by atoms with Crippen LogP contribution < -0.4 is 5.32 Å². The molecule has 0 atom stereocenters. The average Bonchev–Trinajstić information content (AvgIpc) is 3.29. The summed E-state index contributed by atoms with van der Waals surface area (Å²) in [5.74, 6) is 0.534. The highest BCUT2D eigenvalue weighted by Crippen LogP contribution is 2.32. The van der Waals surface area contributed by atoms with Gasteiger partial charge in [-0.2, -0.15) is 0 Å². The summed E-state index contributed by atoms with van der Waals surface area (Å²) in [7, 11) is 0. The number of ether oxygens (including phenoxy) is 1. The Bertz CT molecular complexity index is 1440. The second kappa shape index (κ2) is 10.8. The molecule has 4 heterocycles. The van der Waals surface area contributed by atoms with Crippen molar-refractivity contribution in [3.63, 3.8) is 0 Å². The molecule has 38 heavy (non-hydrogen) atoms. The first-order valence-electron chi connectivity index (χ1n) is 12.6. The van der Waals surface area contributed by atoms with E-state index >= 15 is 0 Å². The van der Waals surface area contributed by atoms with Gasteiger partial charge in [0.2, 0.25) is 5.95 Å². The van der Waals surface area contributed by atoms with Gasteiger partial charge in [-0.1, -0.05) is 48.0 Å². The Morgan fingerprint density at radius 3 is 2.55 bits per heavy atom. The van der Waals surface area contributed by atoms with Gasteiger partial charge in [0.1, 0.15) is 6.33 Å². The van der Waals surface area contributed by atoms with Crippen LogP contribution in [0.25, 0.3) is 22.4 Å². The van der Waals surface area contributed by atoms with Gasteiger partial charge >= 0.3 is 0 Å². The van der Waals surface area contributed by atoms with Crippen molar-refractivity contribution < 1.29 is 9.53 Å². The Hall–Kier alpha value is -3.88. The Balaban J connectivity index is 1.13. The maximum atomic E-state index is 13.3. The number of carbonyl (C=O) groups is 1. The Morgan fingerprint density at radius 1 is 1.00 bits per heavy atom. The summed E-state index contributed by atoms with van der Waals surface area (Å²) in [6, 6.07) is 14.3. The molecule has 0 saturated carbocycles. The summed E-state index contributed by atoms with van der Waals surface area (Å²) in [5.41, 5.74) is 6.16. The molecule has 0 unspecified atom stereocenters. The fraction of sp³-hybridized carbons (Fsp3) is 0.241. The van der Waals surface area contributed by atoms with Crippen LogP contribution >= 0.6 is 11.6 Å². The predicted octanol–water partition coefficient (Wildman–Crippen LogP) is 5.05. The number of aromatic nitrogens is 4. The van der Waals surface area contributed by atoms with Gasteiger partial charge in [0.25, 0.3) is 5.91 Å². The molecule has 2 aromatic carbocycles. The van der Waals surface area contributed by atoms with Crippen LogP contribution in [-0.4, -0.2) is 56.5 Å². The first kappa shape index (κ1) is 24.5. The topological polar surface area (TPSA) is 93.1 Å².